The minimum Gasteiger partial charge on any atom is -0.469 e. The first-order valence-electron chi connectivity index (χ1n) is 5.64. The lowest BCUT2D eigenvalue weighted by molar-refractivity contribution is -0.140. The Labute approximate surface area is 105 Å². The second-order valence-corrected chi connectivity index (χ2v) is 3.84. The van der Waals surface area contributed by atoms with Crippen molar-refractivity contribution in [2.75, 3.05) is 26.4 Å². The summed E-state index contributed by atoms with van der Waals surface area (Å²) in [6.45, 7) is 2.81. The summed E-state index contributed by atoms with van der Waals surface area (Å²) in [5.74, 6) is -0.662. The smallest absolute Gasteiger partial charge is 0.307 e. The number of esters is 1. The maximum atomic E-state index is 12.0. The Morgan fingerprint density at radius 3 is 2.72 bits per heavy atom. The molecule has 100 valence electrons. The van der Waals surface area contributed by atoms with E-state index in [0.717, 1.165) is 0 Å². The van der Waals surface area contributed by atoms with Gasteiger partial charge in [0.2, 0.25) is 0 Å². The number of rotatable bonds is 5. The molecule has 7 nitrogen and oxygen atoms in total. The molecule has 1 aromatic heterocycles. The number of aromatic nitrogens is 2. The third-order valence-electron chi connectivity index (χ3n) is 2.54. The summed E-state index contributed by atoms with van der Waals surface area (Å²) >= 11 is 0. The molecule has 0 aromatic carbocycles. The molecule has 7 heteroatoms. The van der Waals surface area contributed by atoms with E-state index in [0.29, 0.717) is 12.2 Å². The van der Waals surface area contributed by atoms with Crippen LogP contribution in [-0.2, 0) is 16.1 Å². The van der Waals surface area contributed by atoms with Gasteiger partial charge in [0.25, 0.3) is 5.91 Å². The number of anilines is 1. The van der Waals surface area contributed by atoms with Crippen molar-refractivity contribution in [3.8, 4) is 0 Å². The van der Waals surface area contributed by atoms with Gasteiger partial charge < -0.3 is 15.4 Å². The molecule has 18 heavy (non-hydrogen) atoms. The number of nitrogen functional groups attached to an aromatic ring is 1. The van der Waals surface area contributed by atoms with Gasteiger partial charge in [-0.05, 0) is 6.92 Å². The minimum absolute atomic E-state index is 0.146. The highest BCUT2D eigenvalue weighted by Gasteiger charge is 2.19. The average Bonchev–Trinajstić information content (AvgIpc) is 2.75. The van der Waals surface area contributed by atoms with Crippen molar-refractivity contribution in [2.24, 2.45) is 0 Å². The molecular formula is C11H18N4O3. The largest absolute Gasteiger partial charge is 0.469 e. The number of methoxy groups -OCH3 is 1. The fraction of sp³-hybridized carbons (Fsp3) is 0.545. The molecule has 0 aliphatic carbocycles. The number of nitrogens with two attached hydrogens (primary N) is 1. The number of amides is 1. The van der Waals surface area contributed by atoms with E-state index in [1.807, 2.05) is 6.92 Å². The predicted octanol–water partition coefficient (Wildman–Crippen LogP) is 0.120. The van der Waals surface area contributed by atoms with Crippen LogP contribution in [0.25, 0.3) is 0 Å². The molecule has 0 fully saturated rings. The summed E-state index contributed by atoms with van der Waals surface area (Å²) in [6, 6.07) is 0. The number of ether oxygens (including phenoxy) is 1. The van der Waals surface area contributed by atoms with Gasteiger partial charge in [-0.3, -0.25) is 14.3 Å². The highest BCUT2D eigenvalue weighted by molar-refractivity contribution is 5.97. The molecule has 0 aliphatic rings. The highest BCUT2D eigenvalue weighted by Crippen LogP contribution is 2.11. The Kier molecular flexibility index (Phi) is 4.70. The molecule has 0 atom stereocenters. The first-order chi connectivity index (χ1) is 8.49. The van der Waals surface area contributed by atoms with Crippen LogP contribution in [0.15, 0.2) is 6.20 Å². The molecule has 1 rings (SSSR count). The van der Waals surface area contributed by atoms with Gasteiger partial charge in [0.15, 0.2) is 5.69 Å². The van der Waals surface area contributed by atoms with E-state index >= 15 is 0 Å². The lowest BCUT2D eigenvalue weighted by Gasteiger charge is -2.15. The normalized spacial score (nSPS) is 10.2. The van der Waals surface area contributed by atoms with Crippen LogP contribution < -0.4 is 5.73 Å². The molecule has 0 saturated heterocycles. The van der Waals surface area contributed by atoms with Crippen molar-refractivity contribution in [1.29, 1.82) is 0 Å². The molecular weight excluding hydrogens is 236 g/mol. The SMILES string of the molecule is CCn1cc(N)c(C(=O)N(C)CCC(=O)OC)n1. The standard InChI is InChI=1S/C11H18N4O3/c1-4-15-7-8(12)10(13-15)11(17)14(2)6-5-9(16)18-3/h7H,4-6,12H2,1-3H3. The second kappa shape index (κ2) is 6.04. The summed E-state index contributed by atoms with van der Waals surface area (Å²) < 4.78 is 6.10. The van der Waals surface area contributed by atoms with Gasteiger partial charge >= 0.3 is 5.97 Å². The van der Waals surface area contributed by atoms with E-state index in [2.05, 4.69) is 9.84 Å². The van der Waals surface area contributed by atoms with E-state index in [4.69, 9.17) is 5.73 Å². The molecule has 0 radical (unpaired) electrons. The third kappa shape index (κ3) is 3.22. The van der Waals surface area contributed by atoms with Gasteiger partial charge in [0, 0.05) is 26.3 Å². The first kappa shape index (κ1) is 14.0. The van der Waals surface area contributed by atoms with Crippen molar-refractivity contribution in [3.63, 3.8) is 0 Å². The van der Waals surface area contributed by atoms with E-state index in [-0.39, 0.29) is 30.5 Å². The van der Waals surface area contributed by atoms with Crippen LogP contribution >= 0.6 is 0 Å². The number of aryl methyl sites for hydroxylation is 1. The van der Waals surface area contributed by atoms with Crippen molar-refractivity contribution < 1.29 is 14.3 Å². The Balaban J connectivity index is 2.68. The molecule has 1 aromatic rings. The average molecular weight is 254 g/mol. The Bertz CT molecular complexity index is 441. The van der Waals surface area contributed by atoms with Crippen LogP contribution in [-0.4, -0.2) is 47.3 Å². The van der Waals surface area contributed by atoms with Gasteiger partial charge in [-0.1, -0.05) is 0 Å². The fourth-order valence-electron chi connectivity index (χ4n) is 1.41. The molecule has 0 saturated carbocycles. The third-order valence-corrected chi connectivity index (χ3v) is 2.54. The Morgan fingerprint density at radius 1 is 1.56 bits per heavy atom. The van der Waals surface area contributed by atoms with Gasteiger partial charge in [-0.25, -0.2) is 0 Å². The van der Waals surface area contributed by atoms with Crippen LogP contribution in [0.4, 0.5) is 5.69 Å². The summed E-state index contributed by atoms with van der Waals surface area (Å²) in [4.78, 5) is 24.4. The zero-order valence-corrected chi connectivity index (χ0v) is 10.8. The summed E-state index contributed by atoms with van der Waals surface area (Å²) in [5.41, 5.74) is 6.27. The number of hydrogen-bond donors (Lipinski definition) is 1. The molecule has 0 bridgehead atoms. The number of carbonyl (C=O) groups is 2. The molecule has 1 heterocycles. The summed E-state index contributed by atoms with van der Waals surface area (Å²) in [6.07, 6.45) is 1.76. The van der Waals surface area contributed by atoms with E-state index in [1.54, 1.807) is 17.9 Å². The molecule has 0 aliphatic heterocycles. The number of hydrogen-bond acceptors (Lipinski definition) is 5. The second-order valence-electron chi connectivity index (χ2n) is 3.84. The zero-order valence-electron chi connectivity index (χ0n) is 10.8. The van der Waals surface area contributed by atoms with E-state index in [1.165, 1.54) is 12.0 Å². The molecule has 0 spiro atoms. The Hall–Kier alpha value is -2.05. The van der Waals surface area contributed by atoms with E-state index in [9.17, 15) is 9.59 Å². The lowest BCUT2D eigenvalue weighted by Crippen LogP contribution is -2.30. The van der Waals surface area contributed by atoms with Crippen molar-refractivity contribution >= 4 is 17.6 Å². The summed E-state index contributed by atoms with van der Waals surface area (Å²) in [5, 5.41) is 4.08. The zero-order chi connectivity index (χ0) is 13.7. The van der Waals surface area contributed by atoms with Crippen LogP contribution in [0.3, 0.4) is 0 Å². The van der Waals surface area contributed by atoms with Crippen LogP contribution in [0.1, 0.15) is 23.8 Å². The van der Waals surface area contributed by atoms with Crippen molar-refractivity contribution in [2.45, 2.75) is 19.9 Å². The van der Waals surface area contributed by atoms with Crippen LogP contribution in [0.2, 0.25) is 0 Å². The maximum absolute atomic E-state index is 12.0. The molecule has 2 N–H and O–H groups in total. The number of nitrogens with zero attached hydrogens (tertiary/aromatic N) is 3. The fourth-order valence-corrected chi connectivity index (χ4v) is 1.41. The van der Waals surface area contributed by atoms with Gasteiger partial charge in [0.1, 0.15) is 0 Å². The molecule has 1 amide bonds. The quantitative estimate of drug-likeness (QED) is 0.754. The minimum atomic E-state index is -0.360. The lowest BCUT2D eigenvalue weighted by atomic mass is 10.3. The van der Waals surface area contributed by atoms with Crippen LogP contribution in [0.5, 0.6) is 0 Å². The predicted molar refractivity (Wildman–Crippen MR) is 65.9 cm³/mol. The van der Waals surface area contributed by atoms with Gasteiger partial charge in [0.05, 0.1) is 19.2 Å². The van der Waals surface area contributed by atoms with Gasteiger partial charge in [-0.15, -0.1) is 0 Å². The van der Waals surface area contributed by atoms with E-state index < -0.39 is 0 Å². The highest BCUT2D eigenvalue weighted by atomic mass is 16.5. The van der Waals surface area contributed by atoms with Crippen molar-refractivity contribution in [1.82, 2.24) is 14.7 Å². The van der Waals surface area contributed by atoms with Crippen LogP contribution in [0, 0.1) is 0 Å². The molecule has 0 unspecified atom stereocenters. The topological polar surface area (TPSA) is 90.5 Å². The van der Waals surface area contributed by atoms with Crippen molar-refractivity contribution in [3.05, 3.63) is 11.9 Å². The maximum Gasteiger partial charge on any atom is 0.307 e. The first-order valence-corrected chi connectivity index (χ1v) is 5.64. The summed E-state index contributed by atoms with van der Waals surface area (Å²) in [7, 11) is 2.90. The monoisotopic (exact) mass is 254 g/mol. The number of carbonyl (C=O) groups excluding carboxylic acids is 2. The Morgan fingerprint density at radius 2 is 2.22 bits per heavy atom. The van der Waals surface area contributed by atoms with Gasteiger partial charge in [-0.2, -0.15) is 5.10 Å².